The van der Waals surface area contributed by atoms with Crippen LogP contribution in [-0.2, 0) is 128 Å². The first-order valence-electron chi connectivity index (χ1n) is 37.2. The van der Waals surface area contributed by atoms with Gasteiger partial charge in [-0.3, -0.25) is 38.4 Å². The summed E-state index contributed by atoms with van der Waals surface area (Å²) in [5.41, 5.74) is 0. The fourth-order valence-corrected chi connectivity index (χ4v) is 13.4. The van der Waals surface area contributed by atoms with Crippen LogP contribution in [0.1, 0.15) is 262 Å². The second-order valence-electron chi connectivity index (χ2n) is 26.6. The lowest BCUT2D eigenvalue weighted by atomic mass is 9.86. The van der Waals surface area contributed by atoms with Crippen molar-refractivity contribution in [2.45, 2.75) is 340 Å². The van der Waals surface area contributed by atoms with E-state index in [0.717, 1.165) is 107 Å². The van der Waals surface area contributed by atoms with Crippen LogP contribution in [0.3, 0.4) is 0 Å². The highest BCUT2D eigenvalue weighted by molar-refractivity contribution is 7.33. The van der Waals surface area contributed by atoms with Crippen LogP contribution < -0.4 is 10.6 Å². The van der Waals surface area contributed by atoms with Crippen LogP contribution in [0.2, 0.25) is 0 Å². The minimum atomic E-state index is -2.87. The Hall–Kier alpha value is -5.52. The Kier molecular flexibility index (Phi) is 45.9. The first-order chi connectivity index (χ1) is 48.8. The number of carbonyl (C=O) groups excluding carboxylic acids is 10. The van der Waals surface area contributed by atoms with Gasteiger partial charge in [-0.1, -0.05) is 181 Å². The molecule has 0 radical (unpaired) electrons. The van der Waals surface area contributed by atoms with Crippen molar-refractivity contribution >= 4 is 67.8 Å². The molecule has 0 aliphatic carbocycles. The highest BCUT2D eigenvalue weighted by atomic mass is 31.1. The number of esters is 8. The number of nitrogens with one attached hydrogen (secondary N) is 2. The third-order valence-corrected chi connectivity index (χ3v) is 18.3. The van der Waals surface area contributed by atoms with E-state index in [1.807, 2.05) is 0 Å². The van der Waals surface area contributed by atoms with Gasteiger partial charge >= 0.3 is 56.0 Å². The summed E-state index contributed by atoms with van der Waals surface area (Å²) in [4.78, 5) is 132. The van der Waals surface area contributed by atoms with E-state index in [-0.39, 0.29) is 13.2 Å². The van der Waals surface area contributed by atoms with Crippen LogP contribution >= 0.6 is 8.25 Å². The number of hydrogen-bond acceptors (Lipinski definition) is 27. The highest BCUT2D eigenvalue weighted by Gasteiger charge is 2.65. The zero-order valence-electron chi connectivity index (χ0n) is 62.7. The quantitative estimate of drug-likeness (QED) is 0.0247. The number of amides is 2. The van der Waals surface area contributed by atoms with Crippen molar-refractivity contribution in [2.75, 3.05) is 60.0 Å². The Morgan fingerprint density at radius 3 is 1.43 bits per heavy atom. The number of rotatable bonds is 55. The highest BCUT2D eigenvalue weighted by Crippen LogP contribution is 2.43. The van der Waals surface area contributed by atoms with Crippen molar-refractivity contribution in [3.05, 3.63) is 0 Å². The molecule has 2 N–H and O–H groups in total. The second kappa shape index (κ2) is 51.6. The van der Waals surface area contributed by atoms with Gasteiger partial charge in [-0.2, -0.15) is 0 Å². The molecule has 0 aromatic rings. The summed E-state index contributed by atoms with van der Waals surface area (Å²) in [6, 6.07) is -3.18. The molecule has 1 spiro atoms. The summed E-state index contributed by atoms with van der Waals surface area (Å²) in [5, 5.41) is 5.18. The van der Waals surface area contributed by atoms with Gasteiger partial charge in [-0.15, -0.1) is 9.05 Å². The van der Waals surface area contributed by atoms with Gasteiger partial charge in [-0.05, 0) is 12.8 Å². The standard InChI is InChI=1S/C72H121N2O27P/c1-12-14-16-18-20-22-24-26-28-30-32-34-36-38-40-87-46-58(88-41-39-37-35-33-31-29-27-25-23-21-19-17-15-13-2)47-93-102(85)92-43-42-91-71(69(83)86-11)44-59(94-53(6)78)63(73-50(3)75)68(100-71)66(98-57(10)82)62-49-90-70(84)72(99-62)45-60(95-54(7)79)64(74-51(4)76)67(101-72)65(97-56(9)81)61(96-55(8)80)48-89-52(5)77/h58-68H,12-49H2,1-11H3,(H-,73,74,75,76)/p+1/t58?,59-,60-,61+,62+,63+,64+,65+,66-,67+,68+,71+,72+/m0/s1. The monoisotopic (exact) mass is 1480 g/mol. The fraction of sp³-hybridized carbons (Fsp3) is 0.861. The van der Waals surface area contributed by atoms with Crippen LogP contribution in [0.15, 0.2) is 0 Å². The number of ether oxygens (including phenoxy) is 14. The number of hydrogen-bond donors (Lipinski definition) is 2. The van der Waals surface area contributed by atoms with E-state index >= 15 is 0 Å². The van der Waals surface area contributed by atoms with Crippen molar-refractivity contribution < 1.29 is 128 Å². The molecule has 0 saturated carbocycles. The summed E-state index contributed by atoms with van der Waals surface area (Å²) in [6.45, 7) is 10.8. The van der Waals surface area contributed by atoms with E-state index in [4.69, 9.17) is 75.4 Å². The maximum Gasteiger partial charge on any atom is 0.697 e. The van der Waals surface area contributed by atoms with Gasteiger partial charge < -0.3 is 76.9 Å². The van der Waals surface area contributed by atoms with Crippen LogP contribution in [0.4, 0.5) is 0 Å². The fourth-order valence-electron chi connectivity index (χ4n) is 12.8. The van der Waals surface area contributed by atoms with E-state index < -0.39 is 186 Å². The summed E-state index contributed by atoms with van der Waals surface area (Å²) < 4.78 is 107. The lowest BCUT2D eigenvalue weighted by Crippen LogP contribution is -2.73. The van der Waals surface area contributed by atoms with E-state index in [1.165, 1.54) is 135 Å². The Balaban J connectivity index is 1.88. The SMILES string of the molecule is CCCCCCCCCCCCCCCCOCC(CO[P+](=O)OCCO[C@]1(C(=O)OC)C[C@H](OC(C)=O)[C@@H](NC(C)=O)[C@H]([C@@H](OC(C)=O)[C@H]2COC(=O)[C@]3(C[C@H](OC(C)=O)[C@@H](NC(C)=O)[C@H]([C@H](OC(C)=O)[C@@H](COC(C)=O)OC(C)=O)O3)O2)O1)OCCCCCCCCCCCCCCCC. The molecule has 2 amide bonds. The van der Waals surface area contributed by atoms with Gasteiger partial charge in [-0.25, -0.2) is 9.59 Å². The molecular formula is C72H122N2O27P+. The summed E-state index contributed by atoms with van der Waals surface area (Å²) >= 11 is 0. The Bertz CT molecular complexity index is 2530. The minimum absolute atomic E-state index is 0.153. The normalized spacial score (nSPS) is 23.1. The van der Waals surface area contributed by atoms with Gasteiger partial charge in [0.15, 0.2) is 18.3 Å². The zero-order chi connectivity index (χ0) is 75.3. The van der Waals surface area contributed by atoms with Crippen molar-refractivity contribution in [2.24, 2.45) is 0 Å². The summed E-state index contributed by atoms with van der Waals surface area (Å²) in [7, 11) is -1.88. The van der Waals surface area contributed by atoms with Gasteiger partial charge in [0.05, 0.1) is 45.2 Å². The van der Waals surface area contributed by atoms with Crippen LogP contribution in [0.5, 0.6) is 0 Å². The van der Waals surface area contributed by atoms with Crippen molar-refractivity contribution in [3.63, 3.8) is 0 Å². The molecule has 586 valence electrons. The molecule has 14 atom stereocenters. The second-order valence-corrected chi connectivity index (χ2v) is 27.6. The van der Waals surface area contributed by atoms with Gasteiger partial charge in [0, 0.05) is 73.2 Å². The molecule has 3 heterocycles. The number of carbonyl (C=O) groups is 10. The summed E-state index contributed by atoms with van der Waals surface area (Å²) in [5.74, 6) is -15.5. The third kappa shape index (κ3) is 36.0. The Labute approximate surface area is 604 Å². The predicted octanol–water partition coefficient (Wildman–Crippen LogP) is 10.4. The number of unbranched alkanes of at least 4 members (excludes halogenated alkanes) is 26. The molecule has 3 rings (SSSR count). The molecule has 30 heteroatoms. The smallest absolute Gasteiger partial charge is 0.465 e. The lowest BCUT2D eigenvalue weighted by Gasteiger charge is -2.52. The predicted molar refractivity (Wildman–Crippen MR) is 369 cm³/mol. The molecular weight excluding hydrogens is 1360 g/mol. The Morgan fingerprint density at radius 1 is 0.500 bits per heavy atom. The van der Waals surface area contributed by atoms with Crippen molar-refractivity contribution in [1.29, 1.82) is 0 Å². The molecule has 3 fully saturated rings. The first kappa shape index (κ1) is 90.7. The van der Waals surface area contributed by atoms with Gasteiger partial charge in [0.1, 0.15) is 63.1 Å². The Morgan fingerprint density at radius 2 is 0.971 bits per heavy atom. The van der Waals surface area contributed by atoms with Gasteiger partial charge in [0.2, 0.25) is 11.8 Å². The molecule has 29 nitrogen and oxygen atoms in total. The zero-order valence-corrected chi connectivity index (χ0v) is 63.6. The van der Waals surface area contributed by atoms with Crippen LogP contribution in [-0.4, -0.2) is 198 Å². The first-order valence-corrected chi connectivity index (χ1v) is 38.3. The maximum absolute atomic E-state index is 14.5. The molecule has 3 saturated heterocycles. The largest absolute Gasteiger partial charge is 0.697 e. The number of methoxy groups -OCH3 is 1. The van der Waals surface area contributed by atoms with Crippen LogP contribution in [0.25, 0.3) is 0 Å². The average molecular weight is 1480 g/mol. The maximum atomic E-state index is 14.5. The van der Waals surface area contributed by atoms with E-state index in [9.17, 15) is 52.5 Å². The molecule has 3 aliphatic rings. The number of cyclic esters (lactones) is 1. The lowest BCUT2D eigenvalue weighted by molar-refractivity contribution is -0.361. The topological polar surface area (TPSA) is 360 Å². The van der Waals surface area contributed by atoms with E-state index in [2.05, 4.69) is 24.5 Å². The molecule has 0 aromatic heterocycles. The van der Waals surface area contributed by atoms with Crippen molar-refractivity contribution in [1.82, 2.24) is 10.6 Å². The summed E-state index contributed by atoms with van der Waals surface area (Å²) in [6.07, 6.45) is 17.4. The van der Waals surface area contributed by atoms with E-state index in [1.54, 1.807) is 0 Å². The third-order valence-electron chi connectivity index (χ3n) is 17.5. The molecule has 2 unspecified atom stereocenters. The van der Waals surface area contributed by atoms with Crippen LogP contribution in [0, 0.1) is 0 Å². The van der Waals surface area contributed by atoms with Gasteiger partial charge in [0.25, 0.3) is 11.6 Å². The molecule has 0 bridgehead atoms. The molecule has 0 aromatic carbocycles. The minimum Gasteiger partial charge on any atom is -0.465 e. The van der Waals surface area contributed by atoms with E-state index in [0.29, 0.717) is 13.2 Å². The molecule has 3 aliphatic heterocycles. The van der Waals surface area contributed by atoms with Crippen molar-refractivity contribution in [3.8, 4) is 0 Å². The average Bonchev–Trinajstić information content (AvgIpc) is 0.739. The molecule has 102 heavy (non-hydrogen) atoms.